The van der Waals surface area contributed by atoms with Gasteiger partial charge in [-0.05, 0) is 53.8 Å². The van der Waals surface area contributed by atoms with Crippen molar-refractivity contribution in [3.63, 3.8) is 0 Å². The zero-order chi connectivity index (χ0) is 27.0. The summed E-state index contributed by atoms with van der Waals surface area (Å²) < 4.78 is 13.5. The van der Waals surface area contributed by atoms with Crippen LogP contribution in [-0.2, 0) is 24.3 Å². The second-order valence-electron chi connectivity index (χ2n) is 10.0. The zero-order valence-corrected chi connectivity index (χ0v) is 22.8. The molecular weight excluding hydrogens is 486 g/mol. The van der Waals surface area contributed by atoms with Crippen LogP contribution in [0.1, 0.15) is 34.8 Å². The van der Waals surface area contributed by atoms with Crippen molar-refractivity contribution in [1.82, 2.24) is 14.4 Å². The number of aryl methyl sites for hydroxylation is 1. The molecule has 202 valence electrons. The molecule has 6 nitrogen and oxygen atoms in total. The van der Waals surface area contributed by atoms with E-state index in [1.165, 1.54) is 11.3 Å². The first-order chi connectivity index (χ1) is 19.1. The Morgan fingerprint density at radius 1 is 0.846 bits per heavy atom. The van der Waals surface area contributed by atoms with Crippen molar-refractivity contribution in [3.8, 4) is 11.5 Å². The number of carbonyl (C=O) groups excluding carboxylic acids is 1. The van der Waals surface area contributed by atoms with Crippen molar-refractivity contribution in [2.24, 2.45) is 0 Å². The third-order valence-electron chi connectivity index (χ3n) is 7.46. The van der Waals surface area contributed by atoms with Crippen LogP contribution in [0.5, 0.6) is 11.5 Å². The van der Waals surface area contributed by atoms with Gasteiger partial charge in [-0.25, -0.2) is 0 Å². The van der Waals surface area contributed by atoms with Gasteiger partial charge in [-0.2, -0.15) is 0 Å². The van der Waals surface area contributed by atoms with E-state index in [0.29, 0.717) is 19.6 Å². The van der Waals surface area contributed by atoms with Crippen molar-refractivity contribution in [2.75, 3.05) is 33.9 Å². The van der Waals surface area contributed by atoms with Crippen molar-refractivity contribution < 1.29 is 14.3 Å². The second-order valence-corrected chi connectivity index (χ2v) is 10.0. The van der Waals surface area contributed by atoms with E-state index in [1.54, 1.807) is 14.2 Å². The molecule has 0 saturated carbocycles. The first-order valence-electron chi connectivity index (χ1n) is 13.6. The van der Waals surface area contributed by atoms with E-state index in [9.17, 15) is 4.79 Å². The van der Waals surface area contributed by atoms with Crippen LogP contribution in [0.4, 0.5) is 0 Å². The average molecular weight is 524 g/mol. The summed E-state index contributed by atoms with van der Waals surface area (Å²) in [4.78, 5) is 18.4. The number of amides is 1. The van der Waals surface area contributed by atoms with E-state index in [4.69, 9.17) is 9.47 Å². The molecule has 1 atom stereocenters. The molecule has 0 spiro atoms. The maximum absolute atomic E-state index is 14.1. The lowest BCUT2D eigenvalue weighted by Gasteiger charge is -2.33. The van der Waals surface area contributed by atoms with Crippen LogP contribution in [0.2, 0.25) is 0 Å². The van der Waals surface area contributed by atoms with Crippen molar-refractivity contribution in [3.05, 3.63) is 120 Å². The average Bonchev–Trinajstić information content (AvgIpc) is 3.36. The SMILES string of the molecule is COc1cc(OC)cc(C2c3cccn3CCCN2CC(=O)N(CCc2ccccc2)Cc2ccccc2)c1. The van der Waals surface area contributed by atoms with E-state index in [1.807, 2.05) is 35.2 Å². The van der Waals surface area contributed by atoms with E-state index < -0.39 is 0 Å². The van der Waals surface area contributed by atoms with Crippen molar-refractivity contribution in [1.29, 1.82) is 0 Å². The fraction of sp³-hybridized carbons (Fsp3) is 0.303. The number of carbonyl (C=O) groups is 1. The van der Waals surface area contributed by atoms with E-state index in [-0.39, 0.29) is 11.9 Å². The highest BCUT2D eigenvalue weighted by molar-refractivity contribution is 5.78. The maximum atomic E-state index is 14.1. The molecule has 1 amide bonds. The fourth-order valence-corrected chi connectivity index (χ4v) is 5.46. The Bertz CT molecular complexity index is 1330. The summed E-state index contributed by atoms with van der Waals surface area (Å²) in [5.74, 6) is 1.62. The van der Waals surface area contributed by atoms with Crippen LogP contribution in [0.15, 0.2) is 97.2 Å². The Morgan fingerprint density at radius 2 is 1.51 bits per heavy atom. The van der Waals surface area contributed by atoms with E-state index in [2.05, 4.69) is 76.3 Å². The largest absolute Gasteiger partial charge is 0.497 e. The molecule has 6 heteroatoms. The number of methoxy groups -OCH3 is 2. The van der Waals surface area contributed by atoms with Crippen LogP contribution < -0.4 is 9.47 Å². The Kier molecular flexibility index (Phi) is 8.64. The Balaban J connectivity index is 1.44. The number of hydrogen-bond donors (Lipinski definition) is 0. The molecule has 1 aromatic heterocycles. The van der Waals surface area contributed by atoms with Gasteiger partial charge in [-0.3, -0.25) is 9.69 Å². The zero-order valence-electron chi connectivity index (χ0n) is 22.8. The number of rotatable bonds is 10. The van der Waals surface area contributed by atoms with Crippen molar-refractivity contribution in [2.45, 2.75) is 32.0 Å². The number of hydrogen-bond acceptors (Lipinski definition) is 4. The molecule has 0 aliphatic carbocycles. The summed E-state index contributed by atoms with van der Waals surface area (Å²) in [5, 5.41) is 0. The first-order valence-corrected chi connectivity index (χ1v) is 13.6. The molecule has 1 aliphatic heterocycles. The molecule has 0 fully saturated rings. The third kappa shape index (κ3) is 6.52. The van der Waals surface area contributed by atoms with E-state index in [0.717, 1.165) is 48.6 Å². The summed E-state index contributed by atoms with van der Waals surface area (Å²) in [5.41, 5.74) is 4.60. The van der Waals surface area contributed by atoms with Gasteiger partial charge in [0.05, 0.1) is 26.8 Å². The number of ether oxygens (including phenoxy) is 2. The van der Waals surface area contributed by atoms with Gasteiger partial charge in [0.1, 0.15) is 11.5 Å². The fourth-order valence-electron chi connectivity index (χ4n) is 5.46. The molecular formula is C33H37N3O3. The minimum atomic E-state index is -0.0943. The molecule has 1 unspecified atom stereocenters. The third-order valence-corrected chi connectivity index (χ3v) is 7.46. The lowest BCUT2D eigenvalue weighted by atomic mass is 10.0. The first kappa shape index (κ1) is 26.6. The number of benzene rings is 3. The lowest BCUT2D eigenvalue weighted by Crippen LogP contribution is -2.42. The van der Waals surface area contributed by atoms with Gasteiger partial charge >= 0.3 is 0 Å². The van der Waals surface area contributed by atoms with Gasteiger partial charge in [0.25, 0.3) is 0 Å². The Hall–Kier alpha value is -4.03. The Labute approximate surface area is 231 Å². The summed E-state index contributed by atoms with van der Waals surface area (Å²) in [6.45, 7) is 3.33. The number of nitrogens with zero attached hydrogens (tertiary/aromatic N) is 3. The molecule has 0 bridgehead atoms. The summed E-state index contributed by atoms with van der Waals surface area (Å²) in [7, 11) is 3.34. The molecule has 2 heterocycles. The molecule has 0 radical (unpaired) electrons. The van der Waals surface area contributed by atoms with Crippen LogP contribution >= 0.6 is 0 Å². The van der Waals surface area contributed by atoms with Crippen LogP contribution in [0.3, 0.4) is 0 Å². The summed E-state index contributed by atoms with van der Waals surface area (Å²) in [6, 6.07) is 30.8. The number of aromatic nitrogens is 1. The lowest BCUT2D eigenvalue weighted by molar-refractivity contribution is -0.133. The molecule has 4 aromatic rings. The van der Waals surface area contributed by atoms with Gasteiger partial charge in [0, 0.05) is 44.1 Å². The second kappa shape index (κ2) is 12.7. The molecule has 0 saturated heterocycles. The molecule has 1 aliphatic rings. The van der Waals surface area contributed by atoms with Crippen LogP contribution in [-0.4, -0.2) is 54.1 Å². The molecule has 39 heavy (non-hydrogen) atoms. The maximum Gasteiger partial charge on any atom is 0.237 e. The molecule has 5 rings (SSSR count). The normalized spacial score (nSPS) is 15.3. The van der Waals surface area contributed by atoms with Gasteiger partial charge in [-0.15, -0.1) is 0 Å². The van der Waals surface area contributed by atoms with Gasteiger partial charge in [-0.1, -0.05) is 60.7 Å². The molecule has 3 aromatic carbocycles. The highest BCUT2D eigenvalue weighted by atomic mass is 16.5. The van der Waals surface area contributed by atoms with E-state index >= 15 is 0 Å². The topological polar surface area (TPSA) is 46.9 Å². The smallest absolute Gasteiger partial charge is 0.237 e. The van der Waals surface area contributed by atoms with Crippen LogP contribution in [0.25, 0.3) is 0 Å². The minimum absolute atomic E-state index is 0.0943. The number of fused-ring (bicyclic) bond motifs is 1. The van der Waals surface area contributed by atoms with Crippen LogP contribution in [0, 0.1) is 0 Å². The van der Waals surface area contributed by atoms with Gasteiger partial charge in [0.2, 0.25) is 5.91 Å². The van der Waals surface area contributed by atoms with Gasteiger partial charge < -0.3 is 18.9 Å². The standard InChI is InChI=1S/C33H37N3O3/c1-38-29-21-28(22-30(23-29)39-2)33-31-15-9-17-34(31)18-10-19-36(33)25-32(37)35(24-27-13-7-4-8-14-27)20-16-26-11-5-3-6-12-26/h3-9,11-15,17,21-23,33H,10,16,18-20,24-25H2,1-2H3. The van der Waals surface area contributed by atoms with Crippen molar-refractivity contribution >= 4 is 5.91 Å². The highest BCUT2D eigenvalue weighted by Crippen LogP contribution is 2.36. The Morgan fingerprint density at radius 3 is 2.18 bits per heavy atom. The highest BCUT2D eigenvalue weighted by Gasteiger charge is 2.31. The quantitative estimate of drug-likeness (QED) is 0.273. The predicted octanol–water partition coefficient (Wildman–Crippen LogP) is 5.57. The molecule has 0 N–H and O–H groups in total. The monoisotopic (exact) mass is 523 g/mol. The predicted molar refractivity (Wildman–Crippen MR) is 154 cm³/mol. The van der Waals surface area contributed by atoms with Gasteiger partial charge in [0.15, 0.2) is 0 Å². The summed E-state index contributed by atoms with van der Waals surface area (Å²) >= 11 is 0. The minimum Gasteiger partial charge on any atom is -0.497 e. The summed E-state index contributed by atoms with van der Waals surface area (Å²) in [6.07, 6.45) is 3.92.